The molecule has 0 aromatic heterocycles. The molecule has 1 aliphatic rings. The van der Waals surface area contributed by atoms with Gasteiger partial charge in [-0.3, -0.25) is 0 Å². The van der Waals surface area contributed by atoms with Gasteiger partial charge in [0.05, 0.1) is 0 Å². The summed E-state index contributed by atoms with van der Waals surface area (Å²) in [6, 6.07) is 0. The fraction of sp³-hybridized carbons (Fsp3) is 1.00. The Balaban J connectivity index is 1.91. The molecule has 0 amide bonds. The van der Waals surface area contributed by atoms with Crippen molar-refractivity contribution in [3.8, 4) is 0 Å². The van der Waals surface area contributed by atoms with Gasteiger partial charge in [0.2, 0.25) is 0 Å². The minimum Gasteiger partial charge on any atom is -0.316 e. The Labute approximate surface area is 95.4 Å². The van der Waals surface area contributed by atoms with Crippen molar-refractivity contribution in [1.29, 1.82) is 0 Å². The molecular weight excluding hydrogens is 184 g/mol. The van der Waals surface area contributed by atoms with E-state index in [1.165, 1.54) is 51.7 Å². The molecule has 0 aromatic rings. The van der Waals surface area contributed by atoms with E-state index >= 15 is 0 Å². The van der Waals surface area contributed by atoms with Crippen molar-refractivity contribution in [2.24, 2.45) is 11.8 Å². The second kappa shape index (κ2) is 7.24. The molecule has 0 spiro atoms. The molecule has 0 heterocycles. The molecule has 1 N–H and O–H groups in total. The summed E-state index contributed by atoms with van der Waals surface area (Å²) in [5, 5.41) is 3.60. The smallest absolute Gasteiger partial charge is 0.00127 e. The van der Waals surface area contributed by atoms with Crippen molar-refractivity contribution in [3.63, 3.8) is 0 Å². The van der Waals surface area contributed by atoms with Crippen LogP contribution in [0.4, 0.5) is 0 Å². The summed E-state index contributed by atoms with van der Waals surface area (Å²) in [6.45, 7) is 6.03. The number of rotatable bonds is 6. The molecule has 2 heteroatoms. The van der Waals surface area contributed by atoms with Crippen LogP contribution in [0.15, 0.2) is 0 Å². The average Bonchev–Trinajstić information content (AvgIpc) is 2.20. The van der Waals surface area contributed by atoms with Gasteiger partial charge in [-0.1, -0.05) is 19.8 Å². The quantitative estimate of drug-likeness (QED) is 0.680. The minimum absolute atomic E-state index is 0.959. The van der Waals surface area contributed by atoms with Crippen molar-refractivity contribution in [1.82, 2.24) is 10.2 Å². The molecule has 0 radical (unpaired) electrons. The van der Waals surface area contributed by atoms with Gasteiger partial charge in [0.15, 0.2) is 0 Å². The first-order valence-corrected chi connectivity index (χ1v) is 6.54. The highest BCUT2D eigenvalue weighted by Gasteiger charge is 2.17. The number of hydrogen-bond donors (Lipinski definition) is 1. The SMILES string of the molecule is CC1CCC(CNCCCN(C)C)CC1. The molecule has 1 saturated carbocycles. The molecule has 1 rings (SSSR count). The number of hydrogen-bond acceptors (Lipinski definition) is 2. The van der Waals surface area contributed by atoms with E-state index in [-0.39, 0.29) is 0 Å². The van der Waals surface area contributed by atoms with E-state index in [9.17, 15) is 0 Å². The first-order valence-electron chi connectivity index (χ1n) is 6.54. The summed E-state index contributed by atoms with van der Waals surface area (Å²) in [5.41, 5.74) is 0. The molecule has 0 aliphatic heterocycles. The molecule has 90 valence electrons. The van der Waals surface area contributed by atoms with Crippen molar-refractivity contribution in [3.05, 3.63) is 0 Å². The zero-order valence-electron chi connectivity index (χ0n) is 10.8. The van der Waals surface area contributed by atoms with Gasteiger partial charge in [-0.05, 0) is 64.8 Å². The summed E-state index contributed by atoms with van der Waals surface area (Å²) in [6.07, 6.45) is 7.06. The Morgan fingerprint density at radius 3 is 2.40 bits per heavy atom. The molecule has 0 unspecified atom stereocenters. The van der Waals surface area contributed by atoms with Crippen LogP contribution >= 0.6 is 0 Å². The van der Waals surface area contributed by atoms with E-state index in [1.807, 2.05) is 0 Å². The predicted molar refractivity (Wildman–Crippen MR) is 67.2 cm³/mol. The van der Waals surface area contributed by atoms with Crippen LogP contribution in [-0.4, -0.2) is 38.6 Å². The molecule has 1 aliphatic carbocycles. The third kappa shape index (κ3) is 6.16. The van der Waals surface area contributed by atoms with Crippen molar-refractivity contribution < 1.29 is 0 Å². The Morgan fingerprint density at radius 2 is 1.80 bits per heavy atom. The van der Waals surface area contributed by atoms with Crippen LogP contribution in [0.3, 0.4) is 0 Å². The molecule has 0 atom stereocenters. The van der Waals surface area contributed by atoms with Crippen LogP contribution in [0.2, 0.25) is 0 Å². The van der Waals surface area contributed by atoms with E-state index in [2.05, 4.69) is 31.2 Å². The summed E-state index contributed by atoms with van der Waals surface area (Å²) in [5.74, 6) is 1.94. The van der Waals surface area contributed by atoms with Crippen LogP contribution in [0.25, 0.3) is 0 Å². The van der Waals surface area contributed by atoms with E-state index in [0.717, 1.165) is 11.8 Å². The molecule has 0 bridgehead atoms. The van der Waals surface area contributed by atoms with E-state index < -0.39 is 0 Å². The van der Waals surface area contributed by atoms with Gasteiger partial charge in [0, 0.05) is 0 Å². The van der Waals surface area contributed by atoms with Crippen molar-refractivity contribution >= 4 is 0 Å². The van der Waals surface area contributed by atoms with Gasteiger partial charge >= 0.3 is 0 Å². The Hall–Kier alpha value is -0.0800. The van der Waals surface area contributed by atoms with Gasteiger partial charge in [-0.25, -0.2) is 0 Å². The molecule has 0 aromatic carbocycles. The number of nitrogens with one attached hydrogen (secondary N) is 1. The van der Waals surface area contributed by atoms with Gasteiger partial charge in [0.25, 0.3) is 0 Å². The summed E-state index contributed by atoms with van der Waals surface area (Å²) >= 11 is 0. The minimum atomic E-state index is 0.959. The highest BCUT2D eigenvalue weighted by Crippen LogP contribution is 2.27. The Kier molecular flexibility index (Phi) is 6.26. The highest BCUT2D eigenvalue weighted by atomic mass is 15.1. The largest absolute Gasteiger partial charge is 0.316 e. The average molecular weight is 212 g/mol. The van der Waals surface area contributed by atoms with E-state index in [0.29, 0.717) is 0 Å². The maximum atomic E-state index is 3.60. The fourth-order valence-corrected chi connectivity index (χ4v) is 2.36. The van der Waals surface area contributed by atoms with E-state index in [1.54, 1.807) is 0 Å². The molecule has 1 fully saturated rings. The van der Waals surface area contributed by atoms with Gasteiger partial charge in [-0.15, -0.1) is 0 Å². The summed E-state index contributed by atoms with van der Waals surface area (Å²) in [7, 11) is 4.28. The Bertz CT molecular complexity index is 149. The second-order valence-corrected chi connectivity index (χ2v) is 5.49. The highest BCUT2D eigenvalue weighted by molar-refractivity contribution is 4.71. The third-order valence-corrected chi connectivity index (χ3v) is 3.53. The first kappa shape index (κ1) is 13.0. The second-order valence-electron chi connectivity index (χ2n) is 5.49. The maximum Gasteiger partial charge on any atom is -0.00127 e. The fourth-order valence-electron chi connectivity index (χ4n) is 2.36. The normalized spacial score (nSPS) is 27.2. The van der Waals surface area contributed by atoms with Gasteiger partial charge < -0.3 is 10.2 Å². The van der Waals surface area contributed by atoms with Crippen molar-refractivity contribution in [2.75, 3.05) is 33.7 Å². The van der Waals surface area contributed by atoms with Crippen LogP contribution in [0.1, 0.15) is 39.0 Å². The predicted octanol–water partition coefficient (Wildman–Crippen LogP) is 2.35. The lowest BCUT2D eigenvalue weighted by atomic mass is 9.83. The lowest BCUT2D eigenvalue weighted by Gasteiger charge is -2.26. The van der Waals surface area contributed by atoms with Gasteiger partial charge in [0.1, 0.15) is 0 Å². The van der Waals surface area contributed by atoms with Gasteiger partial charge in [-0.2, -0.15) is 0 Å². The maximum absolute atomic E-state index is 3.60. The molecule has 0 saturated heterocycles. The zero-order chi connectivity index (χ0) is 11.1. The molecule has 2 nitrogen and oxygen atoms in total. The summed E-state index contributed by atoms with van der Waals surface area (Å²) < 4.78 is 0. The number of nitrogens with zero attached hydrogens (tertiary/aromatic N) is 1. The Morgan fingerprint density at radius 1 is 1.13 bits per heavy atom. The lowest BCUT2D eigenvalue weighted by Crippen LogP contribution is -2.28. The zero-order valence-corrected chi connectivity index (χ0v) is 10.8. The third-order valence-electron chi connectivity index (χ3n) is 3.53. The van der Waals surface area contributed by atoms with Crippen LogP contribution in [0.5, 0.6) is 0 Å². The van der Waals surface area contributed by atoms with Crippen LogP contribution in [0, 0.1) is 11.8 Å². The van der Waals surface area contributed by atoms with E-state index in [4.69, 9.17) is 0 Å². The lowest BCUT2D eigenvalue weighted by molar-refractivity contribution is 0.280. The van der Waals surface area contributed by atoms with Crippen LogP contribution < -0.4 is 5.32 Å². The molecular formula is C13H28N2. The standard InChI is InChI=1S/C13H28N2/c1-12-5-7-13(8-6-12)11-14-9-4-10-15(2)3/h12-14H,4-11H2,1-3H3. The van der Waals surface area contributed by atoms with Crippen LogP contribution in [-0.2, 0) is 0 Å². The topological polar surface area (TPSA) is 15.3 Å². The molecule has 15 heavy (non-hydrogen) atoms. The summed E-state index contributed by atoms with van der Waals surface area (Å²) in [4.78, 5) is 2.25. The monoisotopic (exact) mass is 212 g/mol. The first-order chi connectivity index (χ1) is 7.18. The van der Waals surface area contributed by atoms with Crippen molar-refractivity contribution in [2.45, 2.75) is 39.0 Å².